The number of anilines is 1. The van der Waals surface area contributed by atoms with E-state index in [2.05, 4.69) is 16.7 Å². The summed E-state index contributed by atoms with van der Waals surface area (Å²) in [6.45, 7) is 0.384. The summed E-state index contributed by atoms with van der Waals surface area (Å²) in [6, 6.07) is 0. The van der Waals surface area contributed by atoms with Crippen LogP contribution in [0.4, 0.5) is 5.00 Å². The van der Waals surface area contributed by atoms with E-state index < -0.39 is 23.9 Å². The molecule has 0 saturated heterocycles. The van der Waals surface area contributed by atoms with Crippen LogP contribution in [0.25, 0.3) is 0 Å². The molecule has 2 aliphatic rings. The molecular formula is C18H20N2O7S. The van der Waals surface area contributed by atoms with Crippen LogP contribution in [0, 0.1) is 5.92 Å². The molecule has 4 N–H and O–H groups in total. The Kier molecular flexibility index (Phi) is 6.10. The van der Waals surface area contributed by atoms with Crippen molar-refractivity contribution in [1.29, 1.82) is 0 Å². The number of nitrogens with one attached hydrogen (secondary N) is 2. The predicted molar refractivity (Wildman–Crippen MR) is 99.3 cm³/mol. The number of hydrogen-bond acceptors (Lipinski definition) is 6. The Labute approximate surface area is 164 Å². The zero-order valence-electron chi connectivity index (χ0n) is 14.9. The van der Waals surface area contributed by atoms with Gasteiger partial charge >= 0.3 is 17.8 Å². The molecule has 150 valence electrons. The van der Waals surface area contributed by atoms with Crippen molar-refractivity contribution < 1.29 is 34.1 Å². The van der Waals surface area contributed by atoms with Crippen molar-refractivity contribution in [3.05, 3.63) is 28.2 Å². The van der Waals surface area contributed by atoms with E-state index in [0.29, 0.717) is 16.9 Å². The number of carboxylic acid groups (broad SMARTS) is 2. The summed E-state index contributed by atoms with van der Waals surface area (Å²) in [5, 5.41) is 23.2. The fourth-order valence-corrected chi connectivity index (χ4v) is 4.47. The highest BCUT2D eigenvalue weighted by Gasteiger charge is 2.31. The van der Waals surface area contributed by atoms with Gasteiger partial charge in [0.1, 0.15) is 5.00 Å². The molecule has 2 heterocycles. The summed E-state index contributed by atoms with van der Waals surface area (Å²) in [5.74, 6) is -4.07. The van der Waals surface area contributed by atoms with Gasteiger partial charge in [0, 0.05) is 24.3 Å². The van der Waals surface area contributed by atoms with Crippen molar-refractivity contribution >= 4 is 40.1 Å². The molecule has 1 aliphatic carbocycles. The Morgan fingerprint density at radius 2 is 2.04 bits per heavy atom. The molecular weight excluding hydrogens is 388 g/mol. The molecule has 9 nitrogen and oxygen atoms in total. The third kappa shape index (κ3) is 4.57. The van der Waals surface area contributed by atoms with Crippen LogP contribution >= 0.6 is 11.3 Å². The highest BCUT2D eigenvalue weighted by Crippen LogP contribution is 2.37. The Hall–Kier alpha value is -2.72. The quantitative estimate of drug-likeness (QED) is 0.411. The first-order valence-corrected chi connectivity index (χ1v) is 9.63. The maximum absolute atomic E-state index is 12.1. The van der Waals surface area contributed by atoms with Gasteiger partial charge in [0.2, 0.25) is 5.91 Å². The lowest BCUT2D eigenvalue weighted by Crippen LogP contribution is -2.37. The second kappa shape index (κ2) is 8.53. The number of fused-ring (bicyclic) bond motifs is 1. The number of allylic oxidation sites excluding steroid dienone is 2. The van der Waals surface area contributed by atoms with Crippen LogP contribution in [0.3, 0.4) is 0 Å². The smallest absolute Gasteiger partial charge is 0.394 e. The lowest BCUT2D eigenvalue weighted by Gasteiger charge is -2.24. The van der Waals surface area contributed by atoms with Crippen molar-refractivity contribution in [2.24, 2.45) is 5.92 Å². The van der Waals surface area contributed by atoms with Gasteiger partial charge in [-0.1, -0.05) is 12.2 Å². The SMILES string of the molecule is O=C(CC1C=CCC1)NCC1Cc2c(sc(NC(=O)C(=O)O)c2C(=O)O)CO1. The van der Waals surface area contributed by atoms with Gasteiger partial charge in [0.25, 0.3) is 0 Å². The summed E-state index contributed by atoms with van der Waals surface area (Å²) in [4.78, 5) is 46.5. The second-order valence-electron chi connectivity index (χ2n) is 6.68. The third-order valence-corrected chi connectivity index (χ3v) is 5.82. The van der Waals surface area contributed by atoms with Crippen molar-refractivity contribution in [2.45, 2.75) is 38.4 Å². The maximum Gasteiger partial charge on any atom is 0.394 e. The molecule has 28 heavy (non-hydrogen) atoms. The van der Waals surface area contributed by atoms with E-state index in [1.165, 1.54) is 0 Å². The van der Waals surface area contributed by atoms with Crippen LogP contribution in [0.15, 0.2) is 12.2 Å². The highest BCUT2D eigenvalue weighted by molar-refractivity contribution is 7.17. The molecule has 0 fully saturated rings. The molecule has 3 rings (SSSR count). The van der Waals surface area contributed by atoms with E-state index in [-0.39, 0.29) is 42.0 Å². The number of carbonyl (C=O) groups is 4. The van der Waals surface area contributed by atoms with Crippen molar-refractivity contribution in [2.75, 3.05) is 11.9 Å². The van der Waals surface area contributed by atoms with E-state index in [9.17, 15) is 24.3 Å². The van der Waals surface area contributed by atoms with Gasteiger partial charge in [-0.25, -0.2) is 9.59 Å². The molecule has 1 aromatic heterocycles. The summed E-state index contributed by atoms with van der Waals surface area (Å²) in [7, 11) is 0. The molecule has 10 heteroatoms. The molecule has 0 spiro atoms. The van der Waals surface area contributed by atoms with Crippen molar-refractivity contribution in [1.82, 2.24) is 5.32 Å². The minimum absolute atomic E-state index is 0.0220. The number of aliphatic carboxylic acids is 1. The van der Waals surface area contributed by atoms with Crippen LogP contribution in [0.2, 0.25) is 0 Å². The lowest BCUT2D eigenvalue weighted by molar-refractivity contribution is -0.147. The molecule has 2 unspecified atom stereocenters. The fourth-order valence-electron chi connectivity index (χ4n) is 3.33. The zero-order chi connectivity index (χ0) is 20.3. The van der Waals surface area contributed by atoms with Crippen LogP contribution in [0.5, 0.6) is 0 Å². The number of rotatable bonds is 6. The van der Waals surface area contributed by atoms with E-state index in [1.807, 2.05) is 6.08 Å². The molecule has 0 aromatic carbocycles. The largest absolute Gasteiger partial charge is 0.478 e. The van der Waals surface area contributed by atoms with E-state index >= 15 is 0 Å². The van der Waals surface area contributed by atoms with Gasteiger partial charge in [0.05, 0.1) is 18.3 Å². The normalized spacial score (nSPS) is 20.4. The van der Waals surface area contributed by atoms with Gasteiger partial charge < -0.3 is 25.6 Å². The van der Waals surface area contributed by atoms with Crippen molar-refractivity contribution in [3.63, 3.8) is 0 Å². The van der Waals surface area contributed by atoms with Gasteiger partial charge in [-0.3, -0.25) is 9.59 Å². The number of hydrogen-bond donors (Lipinski definition) is 4. The van der Waals surface area contributed by atoms with Gasteiger partial charge in [-0.15, -0.1) is 11.3 Å². The molecule has 2 atom stereocenters. The number of carbonyl (C=O) groups excluding carboxylic acids is 2. The third-order valence-electron chi connectivity index (χ3n) is 4.69. The van der Waals surface area contributed by atoms with E-state index in [0.717, 1.165) is 24.2 Å². The molecule has 2 amide bonds. The Bertz CT molecular complexity index is 845. The topological polar surface area (TPSA) is 142 Å². The standard InChI is InChI=1S/C18H20N2O7S/c21-13(5-9-3-1-2-4-9)19-7-10-6-11-12(8-27-10)28-16(14(11)17(23)24)20-15(22)18(25)26/h1,3,9-10H,2,4-8H2,(H,19,21)(H,20,22)(H,23,24)(H,25,26). The Balaban J connectivity index is 1.64. The first kappa shape index (κ1) is 20.0. The maximum atomic E-state index is 12.1. The van der Waals surface area contributed by atoms with Crippen molar-refractivity contribution in [3.8, 4) is 0 Å². The van der Waals surface area contributed by atoms with E-state index in [4.69, 9.17) is 9.84 Å². The van der Waals surface area contributed by atoms with Gasteiger partial charge in [0.15, 0.2) is 0 Å². The summed E-state index contributed by atoms with van der Waals surface area (Å²) >= 11 is 0.988. The number of carboxylic acids is 2. The first-order valence-electron chi connectivity index (χ1n) is 8.82. The molecule has 0 radical (unpaired) electrons. The fraction of sp³-hybridized carbons (Fsp3) is 0.444. The number of ether oxygens (including phenoxy) is 1. The Morgan fingerprint density at radius 3 is 2.68 bits per heavy atom. The van der Waals surface area contributed by atoms with Crippen LogP contribution in [0.1, 0.15) is 40.1 Å². The van der Waals surface area contributed by atoms with Crippen LogP contribution < -0.4 is 10.6 Å². The number of thiophene rings is 1. The molecule has 0 saturated carbocycles. The summed E-state index contributed by atoms with van der Waals surface area (Å²) in [5.41, 5.74) is 0.382. The van der Waals surface area contributed by atoms with E-state index in [1.54, 1.807) is 0 Å². The minimum Gasteiger partial charge on any atom is -0.478 e. The Morgan fingerprint density at radius 1 is 1.25 bits per heavy atom. The lowest BCUT2D eigenvalue weighted by atomic mass is 10.0. The van der Waals surface area contributed by atoms with Gasteiger partial charge in [-0.2, -0.15) is 0 Å². The van der Waals surface area contributed by atoms with Crippen LogP contribution in [-0.4, -0.2) is 46.6 Å². The zero-order valence-corrected chi connectivity index (χ0v) is 15.7. The average Bonchev–Trinajstić information content (AvgIpc) is 3.26. The molecule has 1 aliphatic heterocycles. The minimum atomic E-state index is -1.70. The first-order chi connectivity index (χ1) is 13.3. The average molecular weight is 408 g/mol. The summed E-state index contributed by atoms with van der Waals surface area (Å²) in [6.07, 6.45) is 6.33. The highest BCUT2D eigenvalue weighted by atomic mass is 32.1. The monoisotopic (exact) mass is 408 g/mol. The second-order valence-corrected chi connectivity index (χ2v) is 7.79. The number of aromatic carboxylic acids is 1. The van der Waals surface area contributed by atoms with Gasteiger partial charge in [-0.05, 0) is 24.3 Å². The molecule has 1 aromatic rings. The number of amides is 2. The van der Waals surface area contributed by atoms with Crippen LogP contribution in [-0.2, 0) is 32.1 Å². The summed E-state index contributed by atoms with van der Waals surface area (Å²) < 4.78 is 5.69. The molecule has 0 bridgehead atoms. The predicted octanol–water partition coefficient (Wildman–Crippen LogP) is 1.38.